The van der Waals surface area contributed by atoms with E-state index in [4.69, 9.17) is 16.7 Å². The maximum atomic E-state index is 10.3. The highest BCUT2D eigenvalue weighted by atomic mass is 35.5. The molecule has 0 aliphatic rings. The average Bonchev–Trinajstić information content (AvgIpc) is 1.88. The van der Waals surface area contributed by atoms with Gasteiger partial charge in [-0.05, 0) is 12.1 Å². The molecule has 1 N–H and O–H groups in total. The normalized spacial score (nSPS) is 7.75. The number of carbonyl (C=O) groups is 1. The first-order valence-electron chi connectivity index (χ1n) is 2.69. The molecule has 68 valence electrons. The van der Waals surface area contributed by atoms with Crippen LogP contribution in [0.1, 0.15) is 10.4 Å². The lowest BCUT2D eigenvalue weighted by atomic mass is 10.2. The van der Waals surface area contributed by atoms with Crippen LogP contribution in [0.25, 0.3) is 0 Å². The number of hydrogen-bond acceptors (Lipinski definition) is 1. The first-order chi connectivity index (χ1) is 4.72. The summed E-state index contributed by atoms with van der Waals surface area (Å²) in [5.74, 6) is -0.995. The summed E-state index contributed by atoms with van der Waals surface area (Å²) >= 11 is 5.54. The molecule has 0 atom stereocenters. The maximum absolute atomic E-state index is 10.3. The molecule has 0 radical (unpaired) electrons. The van der Waals surface area contributed by atoms with Gasteiger partial charge in [-0.1, -0.05) is 23.7 Å². The van der Waals surface area contributed by atoms with E-state index >= 15 is 0 Å². The molecule has 0 saturated heterocycles. The average molecular weight is 229 g/mol. The first kappa shape index (κ1) is 14.1. The Kier molecular flexibility index (Phi) is 7.19. The fraction of sp³-hybridized carbons (Fsp3) is 0. The Balaban J connectivity index is 0. The van der Waals surface area contributed by atoms with E-state index in [1.54, 1.807) is 18.2 Å². The van der Waals surface area contributed by atoms with Gasteiger partial charge in [0.2, 0.25) is 0 Å². The fourth-order valence-corrected chi connectivity index (χ4v) is 0.851. The van der Waals surface area contributed by atoms with Gasteiger partial charge >= 0.3 is 5.97 Å². The van der Waals surface area contributed by atoms with Crippen LogP contribution in [-0.4, -0.2) is 11.1 Å². The summed E-state index contributed by atoms with van der Waals surface area (Å²) in [6.07, 6.45) is 0. The standard InChI is InChI=1S/C7H5ClO2.2ClH/c8-6-4-2-1-3-5(6)7(9)10;;/h1-4H,(H,9,10);2*1H. The van der Waals surface area contributed by atoms with Crippen LogP contribution in [0, 0.1) is 0 Å². The molecule has 0 aliphatic heterocycles. The molecule has 12 heavy (non-hydrogen) atoms. The van der Waals surface area contributed by atoms with Gasteiger partial charge in [0.05, 0.1) is 10.6 Å². The fourth-order valence-electron chi connectivity index (χ4n) is 0.635. The van der Waals surface area contributed by atoms with Crippen LogP contribution in [0.3, 0.4) is 0 Å². The van der Waals surface area contributed by atoms with Crippen LogP contribution >= 0.6 is 36.4 Å². The van der Waals surface area contributed by atoms with Crippen LogP contribution in [0.2, 0.25) is 5.02 Å². The third-order valence-electron chi connectivity index (χ3n) is 1.10. The molecule has 1 aromatic rings. The van der Waals surface area contributed by atoms with Gasteiger partial charge < -0.3 is 5.11 Å². The van der Waals surface area contributed by atoms with E-state index in [2.05, 4.69) is 0 Å². The van der Waals surface area contributed by atoms with E-state index in [-0.39, 0.29) is 35.4 Å². The van der Waals surface area contributed by atoms with Gasteiger partial charge in [-0.3, -0.25) is 0 Å². The van der Waals surface area contributed by atoms with Gasteiger partial charge in [0.15, 0.2) is 0 Å². The molecule has 0 heterocycles. The number of carboxylic acid groups (broad SMARTS) is 1. The Morgan fingerprint density at radius 1 is 1.25 bits per heavy atom. The van der Waals surface area contributed by atoms with E-state index in [9.17, 15) is 4.79 Å². The van der Waals surface area contributed by atoms with Gasteiger partial charge in [-0.2, -0.15) is 0 Å². The zero-order valence-corrected chi connectivity index (χ0v) is 8.25. The first-order valence-corrected chi connectivity index (χ1v) is 3.07. The lowest BCUT2D eigenvalue weighted by Gasteiger charge is -1.94. The van der Waals surface area contributed by atoms with E-state index < -0.39 is 5.97 Å². The van der Waals surface area contributed by atoms with Crippen LogP contribution in [0.5, 0.6) is 0 Å². The number of benzene rings is 1. The summed E-state index contributed by atoms with van der Waals surface area (Å²) in [7, 11) is 0. The Morgan fingerprint density at radius 3 is 2.08 bits per heavy atom. The molecule has 0 bridgehead atoms. The molecule has 0 saturated carbocycles. The molecular weight excluding hydrogens is 222 g/mol. The van der Waals surface area contributed by atoms with E-state index in [1.807, 2.05) is 0 Å². The second-order valence-electron chi connectivity index (χ2n) is 1.78. The third kappa shape index (κ3) is 3.30. The Morgan fingerprint density at radius 2 is 1.75 bits per heavy atom. The summed E-state index contributed by atoms with van der Waals surface area (Å²) in [5, 5.41) is 8.75. The lowest BCUT2D eigenvalue weighted by molar-refractivity contribution is 0.0697. The molecule has 1 aromatic carbocycles. The number of aromatic carboxylic acids is 1. The summed E-state index contributed by atoms with van der Waals surface area (Å²) < 4.78 is 0. The predicted molar refractivity (Wildman–Crippen MR) is 52.9 cm³/mol. The third-order valence-corrected chi connectivity index (χ3v) is 1.43. The number of rotatable bonds is 1. The van der Waals surface area contributed by atoms with Crippen LogP contribution in [-0.2, 0) is 0 Å². The summed E-state index contributed by atoms with van der Waals surface area (Å²) in [6, 6.07) is 6.33. The highest BCUT2D eigenvalue weighted by molar-refractivity contribution is 6.33. The largest absolute Gasteiger partial charge is 0.478 e. The minimum atomic E-state index is -0.995. The van der Waals surface area contributed by atoms with Crippen molar-refractivity contribution >= 4 is 42.4 Å². The molecule has 2 nitrogen and oxygen atoms in total. The molecule has 0 aliphatic carbocycles. The Bertz CT molecular complexity index is 263. The quantitative estimate of drug-likeness (QED) is 0.804. The van der Waals surface area contributed by atoms with Gasteiger partial charge in [-0.25, -0.2) is 4.79 Å². The van der Waals surface area contributed by atoms with Crippen molar-refractivity contribution in [3.8, 4) is 0 Å². The number of hydrogen-bond donors (Lipinski definition) is 1. The summed E-state index contributed by atoms with van der Waals surface area (Å²) in [6.45, 7) is 0. The molecule has 0 unspecified atom stereocenters. The number of carboxylic acids is 1. The highest BCUT2D eigenvalue weighted by Crippen LogP contribution is 2.13. The second-order valence-corrected chi connectivity index (χ2v) is 2.19. The maximum Gasteiger partial charge on any atom is 0.337 e. The zero-order valence-electron chi connectivity index (χ0n) is 5.86. The van der Waals surface area contributed by atoms with E-state index in [0.29, 0.717) is 0 Å². The molecule has 0 fully saturated rings. The molecule has 1 rings (SSSR count). The molecule has 0 amide bonds. The van der Waals surface area contributed by atoms with Crippen molar-refractivity contribution < 1.29 is 9.90 Å². The molecule has 5 heteroatoms. The van der Waals surface area contributed by atoms with Crippen molar-refractivity contribution in [1.29, 1.82) is 0 Å². The van der Waals surface area contributed by atoms with Crippen LogP contribution in [0.4, 0.5) is 0 Å². The monoisotopic (exact) mass is 228 g/mol. The highest BCUT2D eigenvalue weighted by Gasteiger charge is 2.04. The van der Waals surface area contributed by atoms with Gasteiger partial charge in [-0.15, -0.1) is 24.8 Å². The molecular formula is C7H7Cl3O2. The lowest BCUT2D eigenvalue weighted by Crippen LogP contribution is -1.95. The topological polar surface area (TPSA) is 37.3 Å². The van der Waals surface area contributed by atoms with Crippen molar-refractivity contribution in [2.75, 3.05) is 0 Å². The second kappa shape index (κ2) is 6.12. The van der Waals surface area contributed by atoms with E-state index in [1.165, 1.54) is 6.07 Å². The van der Waals surface area contributed by atoms with Crippen molar-refractivity contribution in [3.05, 3.63) is 34.9 Å². The smallest absolute Gasteiger partial charge is 0.337 e. The minimum absolute atomic E-state index is 0. The summed E-state index contributed by atoms with van der Waals surface area (Å²) in [4.78, 5) is 10.3. The van der Waals surface area contributed by atoms with Crippen molar-refractivity contribution in [2.24, 2.45) is 0 Å². The number of halogens is 3. The zero-order chi connectivity index (χ0) is 7.56. The van der Waals surface area contributed by atoms with Crippen molar-refractivity contribution in [2.45, 2.75) is 0 Å². The minimum Gasteiger partial charge on any atom is -0.478 e. The van der Waals surface area contributed by atoms with Gasteiger partial charge in [0.1, 0.15) is 0 Å². The van der Waals surface area contributed by atoms with E-state index in [0.717, 1.165) is 0 Å². The van der Waals surface area contributed by atoms with Gasteiger partial charge in [0, 0.05) is 0 Å². The van der Waals surface area contributed by atoms with Crippen molar-refractivity contribution in [1.82, 2.24) is 0 Å². The molecule has 0 aromatic heterocycles. The molecule has 0 spiro atoms. The Hall–Kier alpha value is -0.440. The predicted octanol–water partition coefficient (Wildman–Crippen LogP) is 2.88. The van der Waals surface area contributed by atoms with Crippen LogP contribution in [0.15, 0.2) is 24.3 Å². The Labute approximate surface area is 87.4 Å². The van der Waals surface area contributed by atoms with Crippen molar-refractivity contribution in [3.63, 3.8) is 0 Å². The van der Waals surface area contributed by atoms with Gasteiger partial charge in [0.25, 0.3) is 0 Å². The van der Waals surface area contributed by atoms with Crippen LogP contribution < -0.4 is 0 Å². The SMILES string of the molecule is Cl.Cl.O=C(O)c1ccccc1Cl. The summed E-state index contributed by atoms with van der Waals surface area (Å²) in [5.41, 5.74) is 0.143.